The Bertz CT molecular complexity index is 590. The zero-order valence-corrected chi connectivity index (χ0v) is 13.9. The third kappa shape index (κ3) is 4.30. The molecule has 0 unspecified atom stereocenters. The minimum absolute atomic E-state index is 0.0376. The lowest BCUT2D eigenvalue weighted by Crippen LogP contribution is -2.27. The smallest absolute Gasteiger partial charge is 0.243 e. The lowest BCUT2D eigenvalue weighted by molar-refractivity contribution is -0.121. The number of hydrogen-bond donors (Lipinski definition) is 1. The lowest BCUT2D eigenvalue weighted by Gasteiger charge is -2.15. The van der Waals surface area contributed by atoms with Gasteiger partial charge >= 0.3 is 0 Å². The number of amides is 1. The van der Waals surface area contributed by atoms with Gasteiger partial charge in [0, 0.05) is 26.1 Å². The highest BCUT2D eigenvalue weighted by atomic mass is 32.2. The summed E-state index contributed by atoms with van der Waals surface area (Å²) in [5, 5.41) is 2.83. The monoisotopic (exact) mass is 324 g/mol. The Hall–Kier alpha value is -1.40. The molecule has 0 bridgehead atoms. The standard InChI is InChI=1S/C16H24N2O3S/c1-2-11-17-16(19)10-7-14-5-8-15(9-6-14)22(20,21)18-12-3-4-13-18/h5-6,8-9H,2-4,7,10-13H2,1H3,(H,17,19). The van der Waals surface area contributed by atoms with E-state index in [1.54, 1.807) is 28.6 Å². The van der Waals surface area contributed by atoms with E-state index in [2.05, 4.69) is 5.32 Å². The van der Waals surface area contributed by atoms with E-state index in [9.17, 15) is 13.2 Å². The Kier molecular flexibility index (Phi) is 5.97. The van der Waals surface area contributed by atoms with Gasteiger partial charge in [0.25, 0.3) is 0 Å². The van der Waals surface area contributed by atoms with Gasteiger partial charge in [-0.2, -0.15) is 4.31 Å². The zero-order valence-electron chi connectivity index (χ0n) is 13.0. The van der Waals surface area contributed by atoms with Crippen molar-refractivity contribution in [2.24, 2.45) is 0 Å². The van der Waals surface area contributed by atoms with Crippen molar-refractivity contribution in [2.45, 2.75) is 43.9 Å². The highest BCUT2D eigenvalue weighted by molar-refractivity contribution is 7.89. The second-order valence-electron chi connectivity index (χ2n) is 5.61. The molecule has 2 rings (SSSR count). The summed E-state index contributed by atoms with van der Waals surface area (Å²) in [6.07, 6.45) is 3.85. The van der Waals surface area contributed by atoms with E-state index >= 15 is 0 Å². The van der Waals surface area contributed by atoms with Crippen molar-refractivity contribution in [3.63, 3.8) is 0 Å². The molecular formula is C16H24N2O3S. The summed E-state index contributed by atoms with van der Waals surface area (Å²) in [5.74, 6) is 0.0376. The molecule has 1 aromatic carbocycles. The maximum absolute atomic E-state index is 12.4. The predicted octanol–water partition coefficient (Wildman–Crippen LogP) is 1.93. The quantitative estimate of drug-likeness (QED) is 0.833. The number of carbonyl (C=O) groups is 1. The van der Waals surface area contributed by atoms with Gasteiger partial charge in [0.1, 0.15) is 0 Å². The van der Waals surface area contributed by atoms with Gasteiger partial charge in [-0.05, 0) is 43.4 Å². The Morgan fingerprint density at radius 3 is 2.41 bits per heavy atom. The number of sulfonamides is 1. The SMILES string of the molecule is CCCNC(=O)CCc1ccc(S(=O)(=O)N2CCCC2)cc1. The minimum Gasteiger partial charge on any atom is -0.356 e. The molecule has 0 radical (unpaired) electrons. The second-order valence-corrected chi connectivity index (χ2v) is 7.54. The van der Waals surface area contributed by atoms with Gasteiger partial charge in [-0.25, -0.2) is 8.42 Å². The third-order valence-corrected chi connectivity index (χ3v) is 5.75. The molecule has 0 atom stereocenters. The van der Waals surface area contributed by atoms with Crippen molar-refractivity contribution < 1.29 is 13.2 Å². The molecule has 122 valence electrons. The molecule has 1 heterocycles. The van der Waals surface area contributed by atoms with Crippen molar-refractivity contribution in [2.75, 3.05) is 19.6 Å². The summed E-state index contributed by atoms with van der Waals surface area (Å²) in [6.45, 7) is 3.94. The van der Waals surface area contributed by atoms with E-state index in [0.717, 1.165) is 24.8 Å². The summed E-state index contributed by atoms with van der Waals surface area (Å²) in [7, 11) is -3.34. The van der Waals surface area contributed by atoms with Crippen molar-refractivity contribution in [3.05, 3.63) is 29.8 Å². The molecule has 0 saturated carbocycles. The van der Waals surface area contributed by atoms with Crippen LogP contribution in [-0.2, 0) is 21.2 Å². The van der Waals surface area contributed by atoms with Gasteiger partial charge in [-0.1, -0.05) is 19.1 Å². The molecule has 1 saturated heterocycles. The van der Waals surface area contributed by atoms with Crippen LogP contribution < -0.4 is 5.32 Å². The first kappa shape index (κ1) is 17.0. The van der Waals surface area contributed by atoms with E-state index in [1.807, 2.05) is 6.92 Å². The molecule has 6 heteroatoms. The number of aryl methyl sites for hydroxylation is 1. The molecule has 0 aliphatic carbocycles. The summed E-state index contributed by atoms with van der Waals surface area (Å²) >= 11 is 0. The molecule has 1 N–H and O–H groups in total. The molecular weight excluding hydrogens is 300 g/mol. The minimum atomic E-state index is -3.34. The van der Waals surface area contributed by atoms with E-state index in [-0.39, 0.29) is 5.91 Å². The van der Waals surface area contributed by atoms with E-state index in [4.69, 9.17) is 0 Å². The van der Waals surface area contributed by atoms with Crippen molar-refractivity contribution in [3.8, 4) is 0 Å². The van der Waals surface area contributed by atoms with Crippen molar-refractivity contribution >= 4 is 15.9 Å². The van der Waals surface area contributed by atoms with Crippen LogP contribution in [-0.4, -0.2) is 38.3 Å². The molecule has 1 fully saturated rings. The Labute approximate surface area is 132 Å². The summed E-state index contributed by atoms with van der Waals surface area (Å²) in [4.78, 5) is 11.9. The van der Waals surface area contributed by atoms with Gasteiger partial charge in [-0.3, -0.25) is 4.79 Å². The Morgan fingerprint density at radius 2 is 1.82 bits per heavy atom. The van der Waals surface area contributed by atoms with E-state index in [1.165, 1.54) is 0 Å². The van der Waals surface area contributed by atoms with Crippen LogP contribution in [0.2, 0.25) is 0 Å². The molecule has 1 aliphatic heterocycles. The van der Waals surface area contributed by atoms with E-state index < -0.39 is 10.0 Å². The van der Waals surface area contributed by atoms with Gasteiger partial charge in [0.05, 0.1) is 4.90 Å². The average molecular weight is 324 g/mol. The van der Waals surface area contributed by atoms with Crippen LogP contribution in [0.25, 0.3) is 0 Å². The average Bonchev–Trinajstić information content (AvgIpc) is 3.06. The molecule has 1 aromatic rings. The first-order valence-electron chi connectivity index (χ1n) is 7.90. The number of rotatable bonds is 7. The Balaban J connectivity index is 1.94. The fraction of sp³-hybridized carbons (Fsp3) is 0.562. The first-order valence-corrected chi connectivity index (χ1v) is 9.34. The van der Waals surface area contributed by atoms with Crippen LogP contribution >= 0.6 is 0 Å². The summed E-state index contributed by atoms with van der Waals surface area (Å²) in [6, 6.07) is 6.89. The van der Waals surface area contributed by atoms with Gasteiger partial charge in [0.2, 0.25) is 15.9 Å². The van der Waals surface area contributed by atoms with Crippen LogP contribution in [0.1, 0.15) is 38.2 Å². The van der Waals surface area contributed by atoms with Gasteiger partial charge < -0.3 is 5.32 Å². The van der Waals surface area contributed by atoms with Gasteiger partial charge in [-0.15, -0.1) is 0 Å². The second kappa shape index (κ2) is 7.74. The fourth-order valence-electron chi connectivity index (χ4n) is 2.52. The molecule has 1 amide bonds. The summed E-state index contributed by atoms with van der Waals surface area (Å²) < 4.78 is 26.3. The molecule has 1 aliphatic rings. The number of hydrogen-bond acceptors (Lipinski definition) is 3. The lowest BCUT2D eigenvalue weighted by atomic mass is 10.1. The maximum Gasteiger partial charge on any atom is 0.243 e. The highest BCUT2D eigenvalue weighted by Crippen LogP contribution is 2.21. The summed E-state index contributed by atoms with van der Waals surface area (Å²) in [5.41, 5.74) is 0.979. The van der Waals surface area contributed by atoms with Crippen molar-refractivity contribution in [1.82, 2.24) is 9.62 Å². The number of carbonyl (C=O) groups excluding carboxylic acids is 1. The Morgan fingerprint density at radius 1 is 1.18 bits per heavy atom. The molecule has 5 nitrogen and oxygen atoms in total. The molecule has 22 heavy (non-hydrogen) atoms. The zero-order chi connectivity index (χ0) is 16.0. The number of benzene rings is 1. The van der Waals surface area contributed by atoms with Crippen molar-refractivity contribution in [1.29, 1.82) is 0 Å². The largest absolute Gasteiger partial charge is 0.356 e. The van der Waals surface area contributed by atoms with Gasteiger partial charge in [0.15, 0.2) is 0 Å². The predicted molar refractivity (Wildman–Crippen MR) is 86.1 cm³/mol. The number of nitrogens with zero attached hydrogens (tertiary/aromatic N) is 1. The highest BCUT2D eigenvalue weighted by Gasteiger charge is 2.26. The molecule has 0 spiro atoms. The first-order chi connectivity index (χ1) is 10.5. The normalized spacial score (nSPS) is 15.9. The third-order valence-electron chi connectivity index (χ3n) is 3.84. The topological polar surface area (TPSA) is 66.5 Å². The maximum atomic E-state index is 12.4. The number of nitrogens with one attached hydrogen (secondary N) is 1. The van der Waals surface area contributed by atoms with E-state index in [0.29, 0.717) is 37.4 Å². The van der Waals surface area contributed by atoms with Crippen LogP contribution in [0, 0.1) is 0 Å². The van der Waals surface area contributed by atoms with Crippen LogP contribution in [0.4, 0.5) is 0 Å². The fourth-order valence-corrected chi connectivity index (χ4v) is 4.03. The van der Waals surface area contributed by atoms with Crippen LogP contribution in [0.15, 0.2) is 29.2 Å². The van der Waals surface area contributed by atoms with Crippen LogP contribution in [0.5, 0.6) is 0 Å². The molecule has 0 aromatic heterocycles. The van der Waals surface area contributed by atoms with Crippen LogP contribution in [0.3, 0.4) is 0 Å².